The average Bonchev–Trinajstić information content (AvgIpc) is 2.91. The van der Waals surface area contributed by atoms with E-state index in [1.54, 1.807) is 0 Å². The van der Waals surface area contributed by atoms with Crippen LogP contribution < -0.4 is 5.32 Å². The number of carbonyl (C=O) groups excluding carboxylic acids is 2. The Kier molecular flexibility index (Phi) is 3.00. The molecule has 20 heavy (non-hydrogen) atoms. The summed E-state index contributed by atoms with van der Waals surface area (Å²) in [6.45, 7) is 0.274. The van der Waals surface area contributed by atoms with Gasteiger partial charge in [0.25, 0.3) is 0 Å². The Bertz CT molecular complexity index is 677. The lowest BCUT2D eigenvalue weighted by atomic mass is 10.2. The number of hydrogen-bond donors (Lipinski definition) is 2. The quantitative estimate of drug-likeness (QED) is 0.868. The third-order valence-electron chi connectivity index (χ3n) is 2.84. The minimum atomic E-state index is -0.439. The maximum absolute atomic E-state index is 12.1. The minimum Gasteiger partial charge on any atom is -0.340 e. The van der Waals surface area contributed by atoms with E-state index in [4.69, 9.17) is 0 Å². The molecular weight excluding hydrogens is 258 g/mol. The molecule has 0 spiro atoms. The summed E-state index contributed by atoms with van der Waals surface area (Å²) in [6.07, 6.45) is 2.46. The first kappa shape index (κ1) is 12.1. The third-order valence-corrected chi connectivity index (χ3v) is 2.84. The summed E-state index contributed by atoms with van der Waals surface area (Å²) >= 11 is 0. The lowest BCUT2D eigenvalue weighted by Crippen LogP contribution is -2.33. The van der Waals surface area contributed by atoms with Gasteiger partial charge in [-0.1, -0.05) is 30.3 Å². The number of fused-ring (bicyclic) bond motifs is 1. The minimum absolute atomic E-state index is 0.212. The highest BCUT2D eigenvalue weighted by Crippen LogP contribution is 2.14. The molecular formula is C13H11N5O2. The molecule has 0 bridgehead atoms. The first-order chi connectivity index (χ1) is 9.74. The predicted molar refractivity (Wildman–Crippen MR) is 72.4 cm³/mol. The normalized spacial score (nSPS) is 16.1. The summed E-state index contributed by atoms with van der Waals surface area (Å²) in [5.74, 6) is -0.125. The Balaban J connectivity index is 1.87. The van der Waals surface area contributed by atoms with Crippen LogP contribution in [0.3, 0.4) is 0 Å². The van der Waals surface area contributed by atoms with Crippen molar-refractivity contribution >= 4 is 23.8 Å². The van der Waals surface area contributed by atoms with Crippen molar-refractivity contribution in [2.45, 2.75) is 6.54 Å². The van der Waals surface area contributed by atoms with E-state index in [1.165, 1.54) is 11.3 Å². The topological polar surface area (TPSA) is 90.4 Å². The molecule has 100 valence electrons. The number of aromatic nitrogens is 2. The zero-order chi connectivity index (χ0) is 13.9. The predicted octanol–water partition coefficient (Wildman–Crippen LogP) is 1.63. The lowest BCUT2D eigenvalue weighted by molar-refractivity contribution is 0.106. The molecule has 2 aromatic rings. The number of rotatable bonds is 2. The Morgan fingerprint density at radius 3 is 2.75 bits per heavy atom. The standard InChI is InChI=1S/C13H11N5O2/c19-10-6-16-18(7-9-4-2-1-3-5-9)13(20)17-12-11(10)14-8-15-12/h1-6,8H,7H2,(H,14,15)(H,17,20)/b16-6-. The van der Waals surface area contributed by atoms with Crippen molar-refractivity contribution in [1.29, 1.82) is 0 Å². The number of amides is 2. The summed E-state index contributed by atoms with van der Waals surface area (Å²) in [6, 6.07) is 8.95. The molecule has 0 saturated heterocycles. The molecule has 0 unspecified atom stereocenters. The number of imidazole rings is 1. The highest BCUT2D eigenvalue weighted by atomic mass is 16.2. The van der Waals surface area contributed by atoms with Gasteiger partial charge in [-0.15, -0.1) is 0 Å². The van der Waals surface area contributed by atoms with Crippen molar-refractivity contribution in [3.05, 3.63) is 47.9 Å². The number of Topliss-reactive ketones (excluding diaryl/α,β-unsaturated/α-hetero) is 1. The SMILES string of the molecule is O=C1/C=N\N(Cc2ccccc2)C(=O)Nc2nc[nH]c21. The molecule has 0 radical (unpaired) electrons. The van der Waals surface area contributed by atoms with Crippen molar-refractivity contribution in [3.8, 4) is 0 Å². The summed E-state index contributed by atoms with van der Waals surface area (Å²) in [7, 11) is 0. The van der Waals surface area contributed by atoms with Crippen molar-refractivity contribution in [1.82, 2.24) is 15.0 Å². The van der Waals surface area contributed by atoms with Crippen molar-refractivity contribution in [3.63, 3.8) is 0 Å². The first-order valence-electron chi connectivity index (χ1n) is 5.98. The Morgan fingerprint density at radius 2 is 1.95 bits per heavy atom. The fraction of sp³-hybridized carbons (Fsp3) is 0.0769. The van der Waals surface area contributed by atoms with Gasteiger partial charge in [0, 0.05) is 0 Å². The smallest absolute Gasteiger partial charge is 0.340 e. The maximum atomic E-state index is 12.1. The molecule has 2 heterocycles. The van der Waals surface area contributed by atoms with Crippen LogP contribution >= 0.6 is 0 Å². The zero-order valence-electron chi connectivity index (χ0n) is 10.4. The average molecular weight is 269 g/mol. The van der Waals surface area contributed by atoms with E-state index < -0.39 is 6.03 Å². The molecule has 0 aliphatic carbocycles. The maximum Gasteiger partial charge on any atom is 0.343 e. The van der Waals surface area contributed by atoms with Gasteiger partial charge in [0.1, 0.15) is 5.69 Å². The second-order valence-corrected chi connectivity index (χ2v) is 4.21. The molecule has 1 aliphatic heterocycles. The summed E-state index contributed by atoms with van der Waals surface area (Å²) < 4.78 is 0. The van der Waals surface area contributed by atoms with Gasteiger partial charge in [-0.3, -0.25) is 10.1 Å². The number of carbonyl (C=O) groups is 2. The number of hydrazone groups is 1. The van der Waals surface area contributed by atoms with Gasteiger partial charge in [-0.05, 0) is 5.56 Å². The van der Waals surface area contributed by atoms with Gasteiger partial charge in [0.05, 0.1) is 19.1 Å². The van der Waals surface area contributed by atoms with E-state index in [0.717, 1.165) is 11.8 Å². The molecule has 0 saturated carbocycles. The van der Waals surface area contributed by atoms with Crippen LogP contribution in [0.5, 0.6) is 0 Å². The Labute approximate surface area is 114 Å². The number of H-pyrrole nitrogens is 1. The van der Waals surface area contributed by atoms with E-state index >= 15 is 0 Å². The Morgan fingerprint density at radius 1 is 1.15 bits per heavy atom. The van der Waals surface area contributed by atoms with E-state index in [1.807, 2.05) is 30.3 Å². The van der Waals surface area contributed by atoms with E-state index in [9.17, 15) is 9.59 Å². The molecule has 7 nitrogen and oxygen atoms in total. The van der Waals surface area contributed by atoms with Crippen LogP contribution in [0.15, 0.2) is 41.8 Å². The first-order valence-corrected chi connectivity index (χ1v) is 5.98. The number of nitrogens with one attached hydrogen (secondary N) is 2. The number of aromatic amines is 1. The van der Waals surface area contributed by atoms with Gasteiger partial charge < -0.3 is 4.98 Å². The number of hydrogen-bond acceptors (Lipinski definition) is 4. The molecule has 0 atom stereocenters. The highest BCUT2D eigenvalue weighted by molar-refractivity contribution is 6.36. The molecule has 3 rings (SSSR count). The number of ketones is 1. The highest BCUT2D eigenvalue weighted by Gasteiger charge is 2.22. The van der Waals surface area contributed by atoms with Crippen LogP contribution in [-0.2, 0) is 6.54 Å². The zero-order valence-corrected chi connectivity index (χ0v) is 10.4. The third kappa shape index (κ3) is 2.28. The van der Waals surface area contributed by atoms with Crippen LogP contribution in [-0.4, -0.2) is 33.0 Å². The van der Waals surface area contributed by atoms with Gasteiger partial charge in [0.15, 0.2) is 5.82 Å². The summed E-state index contributed by atoms with van der Waals surface area (Å²) in [4.78, 5) is 30.5. The summed E-state index contributed by atoms with van der Waals surface area (Å²) in [5, 5.41) is 7.66. The van der Waals surface area contributed by atoms with Crippen LogP contribution in [0.2, 0.25) is 0 Å². The van der Waals surface area contributed by atoms with Crippen LogP contribution in [0, 0.1) is 0 Å². The molecule has 0 fully saturated rings. The molecule has 7 heteroatoms. The van der Waals surface area contributed by atoms with Crippen molar-refractivity contribution in [2.24, 2.45) is 5.10 Å². The van der Waals surface area contributed by atoms with Crippen LogP contribution in [0.4, 0.5) is 10.6 Å². The molecule has 2 amide bonds. The summed E-state index contributed by atoms with van der Waals surface area (Å²) in [5.41, 5.74) is 1.14. The number of urea groups is 1. The number of nitrogens with zero attached hydrogens (tertiary/aromatic N) is 3. The molecule has 1 aromatic carbocycles. The lowest BCUT2D eigenvalue weighted by Gasteiger charge is -2.18. The molecule has 1 aliphatic rings. The second-order valence-electron chi connectivity index (χ2n) is 4.21. The number of anilines is 1. The van der Waals surface area contributed by atoms with E-state index in [0.29, 0.717) is 0 Å². The van der Waals surface area contributed by atoms with Crippen molar-refractivity contribution in [2.75, 3.05) is 5.32 Å². The van der Waals surface area contributed by atoms with E-state index in [2.05, 4.69) is 20.4 Å². The van der Waals surface area contributed by atoms with Gasteiger partial charge >= 0.3 is 6.03 Å². The largest absolute Gasteiger partial charge is 0.343 e. The van der Waals surface area contributed by atoms with Gasteiger partial charge in [0.2, 0.25) is 5.78 Å². The monoisotopic (exact) mass is 269 g/mol. The van der Waals surface area contributed by atoms with Crippen LogP contribution in [0.25, 0.3) is 0 Å². The van der Waals surface area contributed by atoms with Gasteiger partial charge in [-0.2, -0.15) is 5.10 Å². The van der Waals surface area contributed by atoms with E-state index in [-0.39, 0.29) is 23.8 Å². The Hall–Kier alpha value is -2.96. The fourth-order valence-corrected chi connectivity index (χ4v) is 1.85. The fourth-order valence-electron chi connectivity index (χ4n) is 1.85. The number of benzene rings is 1. The van der Waals surface area contributed by atoms with Crippen molar-refractivity contribution < 1.29 is 9.59 Å². The van der Waals surface area contributed by atoms with Gasteiger partial charge in [-0.25, -0.2) is 14.8 Å². The molecule has 1 aromatic heterocycles. The molecule has 2 N–H and O–H groups in total. The second kappa shape index (κ2) is 4.96. The van der Waals surface area contributed by atoms with Crippen LogP contribution in [0.1, 0.15) is 16.1 Å².